The lowest BCUT2D eigenvalue weighted by atomic mass is 10.3. The SMILES string of the molecule is NC(=O)CCNS(=O)(=O)c1cc(F)ccc1N. The van der Waals surface area contributed by atoms with Crippen LogP contribution in [0.1, 0.15) is 6.42 Å². The number of carbonyl (C=O) groups is 1. The fraction of sp³-hybridized carbons (Fsp3) is 0.222. The summed E-state index contributed by atoms with van der Waals surface area (Å²) in [6.07, 6.45) is -0.144. The molecule has 0 spiro atoms. The number of primary amides is 1. The monoisotopic (exact) mass is 261 g/mol. The number of nitrogens with two attached hydrogens (primary N) is 2. The van der Waals surface area contributed by atoms with E-state index in [-0.39, 0.29) is 23.5 Å². The van der Waals surface area contributed by atoms with Crippen LogP contribution >= 0.6 is 0 Å². The molecule has 0 atom stereocenters. The van der Waals surface area contributed by atoms with Crippen LogP contribution in [0.4, 0.5) is 10.1 Å². The van der Waals surface area contributed by atoms with E-state index in [0.29, 0.717) is 0 Å². The average Bonchev–Trinajstić information content (AvgIpc) is 2.20. The van der Waals surface area contributed by atoms with E-state index in [1.165, 1.54) is 0 Å². The van der Waals surface area contributed by atoms with Crippen molar-refractivity contribution in [2.75, 3.05) is 12.3 Å². The molecule has 0 saturated carbocycles. The summed E-state index contributed by atoms with van der Waals surface area (Å²) in [5.74, 6) is -1.35. The van der Waals surface area contributed by atoms with Crippen LogP contribution in [0.2, 0.25) is 0 Å². The second kappa shape index (κ2) is 5.11. The molecule has 0 unspecified atom stereocenters. The van der Waals surface area contributed by atoms with Gasteiger partial charge in [0.15, 0.2) is 0 Å². The van der Waals surface area contributed by atoms with E-state index in [1.807, 2.05) is 0 Å². The summed E-state index contributed by atoms with van der Waals surface area (Å²) in [5, 5.41) is 0. The molecule has 1 rings (SSSR count). The standard InChI is InChI=1S/C9H12FN3O3S/c10-6-1-2-7(11)8(5-6)17(15,16)13-4-3-9(12)14/h1-2,5,13H,3-4,11H2,(H2,12,14). The Balaban J connectivity index is 2.89. The third-order valence-electron chi connectivity index (χ3n) is 1.93. The van der Waals surface area contributed by atoms with Gasteiger partial charge in [0.25, 0.3) is 0 Å². The third-order valence-corrected chi connectivity index (χ3v) is 3.45. The fourth-order valence-corrected chi connectivity index (χ4v) is 2.30. The number of hydrogen-bond acceptors (Lipinski definition) is 4. The Hall–Kier alpha value is -1.67. The van der Waals surface area contributed by atoms with Gasteiger partial charge in [-0.2, -0.15) is 0 Å². The molecule has 1 amide bonds. The summed E-state index contributed by atoms with van der Waals surface area (Å²) >= 11 is 0. The molecule has 0 aromatic heterocycles. The van der Waals surface area contributed by atoms with E-state index < -0.39 is 21.7 Å². The first-order chi connectivity index (χ1) is 7.83. The van der Waals surface area contributed by atoms with Gasteiger partial charge in [-0.25, -0.2) is 17.5 Å². The molecule has 0 fully saturated rings. The summed E-state index contributed by atoms with van der Waals surface area (Å²) < 4.78 is 38.4. The van der Waals surface area contributed by atoms with Crippen molar-refractivity contribution < 1.29 is 17.6 Å². The van der Waals surface area contributed by atoms with Gasteiger partial charge in [-0.1, -0.05) is 0 Å². The zero-order chi connectivity index (χ0) is 13.1. The molecule has 94 valence electrons. The van der Waals surface area contributed by atoms with Gasteiger partial charge in [-0.15, -0.1) is 0 Å². The average molecular weight is 261 g/mol. The molecule has 0 saturated heterocycles. The molecule has 0 heterocycles. The molecule has 0 radical (unpaired) electrons. The lowest BCUT2D eigenvalue weighted by Gasteiger charge is -2.08. The maximum Gasteiger partial charge on any atom is 0.242 e. The molecule has 17 heavy (non-hydrogen) atoms. The van der Waals surface area contributed by atoms with Crippen LogP contribution in [0.5, 0.6) is 0 Å². The minimum atomic E-state index is -3.93. The predicted octanol–water partition coefficient (Wildman–Crippen LogP) is -0.438. The molecular weight excluding hydrogens is 249 g/mol. The van der Waals surface area contributed by atoms with Crippen LogP contribution < -0.4 is 16.2 Å². The number of amides is 1. The first-order valence-electron chi connectivity index (χ1n) is 4.66. The normalized spacial score (nSPS) is 11.4. The first-order valence-corrected chi connectivity index (χ1v) is 6.14. The fourth-order valence-electron chi connectivity index (χ4n) is 1.13. The van der Waals surface area contributed by atoms with Gasteiger partial charge in [0.05, 0.1) is 5.69 Å². The highest BCUT2D eigenvalue weighted by Gasteiger charge is 2.17. The lowest BCUT2D eigenvalue weighted by molar-refractivity contribution is -0.117. The van der Waals surface area contributed by atoms with Gasteiger partial charge in [0.2, 0.25) is 15.9 Å². The molecule has 1 aromatic carbocycles. The molecule has 5 N–H and O–H groups in total. The zero-order valence-corrected chi connectivity index (χ0v) is 9.63. The zero-order valence-electron chi connectivity index (χ0n) is 8.81. The summed E-state index contributed by atoms with van der Waals surface area (Å²) in [4.78, 5) is 10.1. The summed E-state index contributed by atoms with van der Waals surface area (Å²) in [6, 6.07) is 3.01. The van der Waals surface area contributed by atoms with Crippen molar-refractivity contribution in [2.45, 2.75) is 11.3 Å². The van der Waals surface area contributed by atoms with Crippen LogP contribution in [0.15, 0.2) is 23.1 Å². The quantitative estimate of drug-likeness (QED) is 0.623. The lowest BCUT2D eigenvalue weighted by Crippen LogP contribution is -2.28. The van der Waals surface area contributed by atoms with Gasteiger partial charge in [0.1, 0.15) is 10.7 Å². The first kappa shape index (κ1) is 13.4. The Morgan fingerprint density at radius 1 is 1.41 bits per heavy atom. The van der Waals surface area contributed by atoms with E-state index in [0.717, 1.165) is 18.2 Å². The number of rotatable bonds is 5. The van der Waals surface area contributed by atoms with Crippen molar-refractivity contribution in [3.8, 4) is 0 Å². The van der Waals surface area contributed by atoms with Gasteiger partial charge in [-0.3, -0.25) is 4.79 Å². The van der Waals surface area contributed by atoms with Gasteiger partial charge >= 0.3 is 0 Å². The van der Waals surface area contributed by atoms with Gasteiger partial charge < -0.3 is 11.5 Å². The largest absolute Gasteiger partial charge is 0.398 e. The van der Waals surface area contributed by atoms with E-state index in [1.54, 1.807) is 0 Å². The highest BCUT2D eigenvalue weighted by molar-refractivity contribution is 7.89. The van der Waals surface area contributed by atoms with Crippen molar-refractivity contribution in [2.24, 2.45) is 5.73 Å². The van der Waals surface area contributed by atoms with E-state index in [9.17, 15) is 17.6 Å². The van der Waals surface area contributed by atoms with Crippen molar-refractivity contribution >= 4 is 21.6 Å². The number of benzene rings is 1. The molecule has 6 nitrogen and oxygen atoms in total. The Kier molecular flexibility index (Phi) is 4.02. The van der Waals surface area contributed by atoms with Crippen molar-refractivity contribution in [1.29, 1.82) is 0 Å². The van der Waals surface area contributed by atoms with Crippen LogP contribution in [0, 0.1) is 5.82 Å². The molecule has 8 heteroatoms. The van der Waals surface area contributed by atoms with Crippen molar-refractivity contribution in [3.63, 3.8) is 0 Å². The number of carbonyl (C=O) groups excluding carboxylic acids is 1. The van der Waals surface area contributed by atoms with E-state index >= 15 is 0 Å². The van der Waals surface area contributed by atoms with Crippen LogP contribution in [-0.4, -0.2) is 20.9 Å². The Morgan fingerprint density at radius 2 is 2.06 bits per heavy atom. The second-order valence-electron chi connectivity index (χ2n) is 3.30. The molecule has 1 aromatic rings. The Labute approximate surface area is 97.8 Å². The topological polar surface area (TPSA) is 115 Å². The van der Waals surface area contributed by atoms with Crippen LogP contribution in [0.3, 0.4) is 0 Å². The molecule has 0 aliphatic heterocycles. The number of hydrogen-bond donors (Lipinski definition) is 3. The Bertz CT molecular complexity index is 530. The summed E-state index contributed by atoms with van der Waals surface area (Å²) in [5.41, 5.74) is 10.2. The Morgan fingerprint density at radius 3 is 2.65 bits per heavy atom. The number of anilines is 1. The minimum Gasteiger partial charge on any atom is -0.398 e. The van der Waals surface area contributed by atoms with Crippen molar-refractivity contribution in [3.05, 3.63) is 24.0 Å². The molecule has 0 aliphatic rings. The maximum atomic E-state index is 12.9. The van der Waals surface area contributed by atoms with Gasteiger partial charge in [-0.05, 0) is 18.2 Å². The molecule has 0 bridgehead atoms. The number of nitrogen functional groups attached to an aromatic ring is 1. The smallest absolute Gasteiger partial charge is 0.242 e. The van der Waals surface area contributed by atoms with E-state index in [4.69, 9.17) is 11.5 Å². The number of nitrogens with one attached hydrogen (secondary N) is 1. The molecular formula is C9H12FN3O3S. The minimum absolute atomic E-state index is 0.0713. The summed E-state index contributed by atoms with van der Waals surface area (Å²) in [7, 11) is -3.93. The van der Waals surface area contributed by atoms with E-state index in [2.05, 4.69) is 4.72 Å². The van der Waals surface area contributed by atoms with Crippen LogP contribution in [0.25, 0.3) is 0 Å². The van der Waals surface area contributed by atoms with Crippen molar-refractivity contribution in [1.82, 2.24) is 4.72 Å². The third kappa shape index (κ3) is 3.68. The number of halogens is 1. The highest BCUT2D eigenvalue weighted by atomic mass is 32.2. The maximum absolute atomic E-state index is 12.9. The van der Waals surface area contributed by atoms with Crippen LogP contribution in [-0.2, 0) is 14.8 Å². The second-order valence-corrected chi connectivity index (χ2v) is 5.03. The van der Waals surface area contributed by atoms with Gasteiger partial charge in [0, 0.05) is 13.0 Å². The number of sulfonamides is 1. The summed E-state index contributed by atoms with van der Waals surface area (Å²) in [6.45, 7) is -0.159. The molecule has 0 aliphatic carbocycles. The predicted molar refractivity (Wildman–Crippen MR) is 59.8 cm³/mol. The highest BCUT2D eigenvalue weighted by Crippen LogP contribution is 2.18.